The zero-order chi connectivity index (χ0) is 29.6. The molecular formula is C34H54O4Si2. The van der Waals surface area contributed by atoms with Crippen molar-refractivity contribution in [3.63, 3.8) is 0 Å². The molecule has 0 amide bonds. The van der Waals surface area contributed by atoms with Crippen LogP contribution in [0.5, 0.6) is 0 Å². The van der Waals surface area contributed by atoms with E-state index in [0.29, 0.717) is 29.8 Å². The van der Waals surface area contributed by atoms with Crippen LogP contribution in [-0.4, -0.2) is 53.8 Å². The molecule has 4 nitrogen and oxygen atoms in total. The molecule has 6 heteroatoms. The molecule has 2 aromatic rings. The Balaban J connectivity index is 1.85. The van der Waals surface area contributed by atoms with E-state index in [1.165, 1.54) is 15.9 Å². The molecule has 1 heterocycles. The van der Waals surface area contributed by atoms with E-state index in [1.807, 2.05) is 0 Å². The molecule has 0 aliphatic carbocycles. The Bertz CT molecular complexity index is 999. The lowest BCUT2D eigenvalue weighted by molar-refractivity contribution is -0.0731. The second kappa shape index (κ2) is 14.1. The van der Waals surface area contributed by atoms with Crippen LogP contribution in [0.25, 0.3) is 0 Å². The van der Waals surface area contributed by atoms with Crippen LogP contribution in [0, 0.1) is 0 Å². The van der Waals surface area contributed by atoms with Crippen molar-refractivity contribution in [3.8, 4) is 0 Å². The molecule has 0 unspecified atom stereocenters. The third-order valence-electron chi connectivity index (χ3n) is 8.88. The standard InChI is InChI=1S/C34H54O4Si2/c1-26(2)39(27(3)4,28(5)6)37-25-31-23-29(22-30(24-35)38-31)20-21-36-40(34(7,8)9,32-16-12-10-13-17-32)33-18-14-11-15-19-33/h10-20,26-28,30-31,35H,21-25H2,1-9H3/b29-20-/t30-,31+/m0/s1. The maximum absolute atomic E-state index is 10.1. The van der Waals surface area contributed by atoms with Gasteiger partial charge in [-0.3, -0.25) is 0 Å². The zero-order valence-corrected chi connectivity index (χ0v) is 28.4. The monoisotopic (exact) mass is 582 g/mol. The summed E-state index contributed by atoms with van der Waals surface area (Å²) in [5, 5.41) is 12.6. The normalized spacial score (nSPS) is 20.2. The first-order valence-corrected chi connectivity index (χ1v) is 19.3. The summed E-state index contributed by atoms with van der Waals surface area (Å²) in [4.78, 5) is 0. The van der Waals surface area contributed by atoms with Gasteiger partial charge in [-0.05, 0) is 44.9 Å². The number of hydrogen-bond acceptors (Lipinski definition) is 4. The number of benzene rings is 2. The van der Waals surface area contributed by atoms with Gasteiger partial charge in [-0.1, -0.05) is 135 Å². The Morgan fingerprint density at radius 2 is 1.27 bits per heavy atom. The van der Waals surface area contributed by atoms with Gasteiger partial charge in [0.25, 0.3) is 8.32 Å². The number of hydrogen-bond donors (Lipinski definition) is 1. The molecule has 0 radical (unpaired) electrons. The van der Waals surface area contributed by atoms with Crippen LogP contribution in [0.4, 0.5) is 0 Å². The van der Waals surface area contributed by atoms with Crippen molar-refractivity contribution in [1.82, 2.24) is 0 Å². The van der Waals surface area contributed by atoms with Gasteiger partial charge in [-0.2, -0.15) is 0 Å². The first kappa shape index (κ1) is 33.0. The van der Waals surface area contributed by atoms with E-state index in [9.17, 15) is 5.11 Å². The van der Waals surface area contributed by atoms with Crippen LogP contribution < -0.4 is 10.4 Å². The number of ether oxygens (including phenoxy) is 1. The van der Waals surface area contributed by atoms with Crippen molar-refractivity contribution in [2.45, 2.75) is 109 Å². The summed E-state index contributed by atoms with van der Waals surface area (Å²) in [6, 6.07) is 21.6. The molecule has 0 bridgehead atoms. The lowest BCUT2D eigenvalue weighted by Crippen LogP contribution is -2.66. The van der Waals surface area contributed by atoms with Crippen molar-refractivity contribution in [3.05, 3.63) is 72.3 Å². The molecule has 1 saturated heterocycles. The van der Waals surface area contributed by atoms with E-state index in [1.54, 1.807) is 0 Å². The first-order chi connectivity index (χ1) is 18.9. The molecule has 0 saturated carbocycles. The molecule has 3 rings (SSSR count). The molecule has 2 aromatic carbocycles. The summed E-state index contributed by atoms with van der Waals surface area (Å²) in [5.41, 5.74) is 2.88. The molecule has 1 aliphatic heterocycles. The first-order valence-electron chi connectivity index (χ1n) is 15.2. The summed E-state index contributed by atoms with van der Waals surface area (Å²) < 4.78 is 20.3. The minimum Gasteiger partial charge on any atom is -0.413 e. The maximum Gasteiger partial charge on any atom is 0.261 e. The summed E-state index contributed by atoms with van der Waals surface area (Å²) >= 11 is 0. The fourth-order valence-electron chi connectivity index (χ4n) is 7.19. The van der Waals surface area contributed by atoms with Crippen LogP contribution in [0.15, 0.2) is 72.3 Å². The molecule has 1 fully saturated rings. The van der Waals surface area contributed by atoms with Crippen LogP contribution in [0.1, 0.15) is 75.2 Å². The second-order valence-corrected chi connectivity index (χ2v) is 23.2. The van der Waals surface area contributed by atoms with E-state index in [4.69, 9.17) is 13.6 Å². The van der Waals surface area contributed by atoms with E-state index in [0.717, 1.165) is 12.8 Å². The second-order valence-electron chi connectivity index (χ2n) is 13.4. The quantitative estimate of drug-likeness (QED) is 0.212. The number of aliphatic hydroxyl groups is 1. The van der Waals surface area contributed by atoms with Gasteiger partial charge in [-0.15, -0.1) is 0 Å². The van der Waals surface area contributed by atoms with Gasteiger partial charge in [0.05, 0.1) is 32.0 Å². The molecular weight excluding hydrogens is 529 g/mol. The van der Waals surface area contributed by atoms with Crippen molar-refractivity contribution in [2.75, 3.05) is 19.8 Å². The minimum absolute atomic E-state index is 0.0184. The highest BCUT2D eigenvalue weighted by atomic mass is 28.4. The van der Waals surface area contributed by atoms with Gasteiger partial charge >= 0.3 is 0 Å². The summed E-state index contributed by atoms with van der Waals surface area (Å²) in [6.07, 6.45) is 3.57. The van der Waals surface area contributed by atoms with E-state index >= 15 is 0 Å². The van der Waals surface area contributed by atoms with Crippen LogP contribution in [-0.2, 0) is 13.6 Å². The maximum atomic E-state index is 10.1. The summed E-state index contributed by atoms with van der Waals surface area (Å²) in [6.45, 7) is 22.0. The molecule has 1 N–H and O–H groups in total. The van der Waals surface area contributed by atoms with E-state index < -0.39 is 16.6 Å². The molecule has 2 atom stereocenters. The lowest BCUT2D eigenvalue weighted by Gasteiger charge is -2.44. The Hall–Kier alpha value is -1.55. The van der Waals surface area contributed by atoms with Gasteiger partial charge in [0.1, 0.15) is 0 Å². The predicted molar refractivity (Wildman–Crippen MR) is 174 cm³/mol. The molecule has 222 valence electrons. The van der Waals surface area contributed by atoms with E-state index in [-0.39, 0.29) is 23.9 Å². The highest BCUT2D eigenvalue weighted by Gasteiger charge is 2.50. The van der Waals surface area contributed by atoms with Crippen LogP contribution in [0.2, 0.25) is 21.7 Å². The smallest absolute Gasteiger partial charge is 0.261 e. The van der Waals surface area contributed by atoms with Gasteiger partial charge in [0, 0.05) is 0 Å². The molecule has 0 aromatic heterocycles. The fourth-order valence-corrected chi connectivity index (χ4v) is 17.2. The molecule has 0 spiro atoms. The average molecular weight is 583 g/mol. The zero-order valence-electron chi connectivity index (χ0n) is 26.4. The van der Waals surface area contributed by atoms with Crippen LogP contribution in [0.3, 0.4) is 0 Å². The Morgan fingerprint density at radius 3 is 1.70 bits per heavy atom. The van der Waals surface area contributed by atoms with Gasteiger partial charge < -0.3 is 18.7 Å². The molecule has 40 heavy (non-hydrogen) atoms. The van der Waals surface area contributed by atoms with Crippen molar-refractivity contribution < 1.29 is 18.7 Å². The third-order valence-corrected chi connectivity index (χ3v) is 20.0. The largest absolute Gasteiger partial charge is 0.413 e. The van der Waals surface area contributed by atoms with Gasteiger partial charge in [0.2, 0.25) is 0 Å². The fraction of sp³-hybridized carbons (Fsp3) is 0.588. The lowest BCUT2D eigenvalue weighted by atomic mass is 9.98. The Morgan fingerprint density at radius 1 is 0.800 bits per heavy atom. The highest BCUT2D eigenvalue weighted by molar-refractivity contribution is 6.99. The van der Waals surface area contributed by atoms with Gasteiger partial charge in [0.15, 0.2) is 8.32 Å². The number of rotatable bonds is 12. The van der Waals surface area contributed by atoms with Crippen molar-refractivity contribution >= 4 is 27.0 Å². The minimum atomic E-state index is -2.60. The Kier molecular flexibility index (Phi) is 11.6. The summed E-state index contributed by atoms with van der Waals surface area (Å²) in [7, 11) is -4.59. The Labute approximate surface area is 246 Å². The van der Waals surface area contributed by atoms with Crippen molar-refractivity contribution in [2.24, 2.45) is 0 Å². The summed E-state index contributed by atoms with van der Waals surface area (Å²) in [5.74, 6) is 0. The number of aliphatic hydroxyl groups excluding tert-OH is 1. The average Bonchev–Trinajstić information content (AvgIpc) is 2.91. The third kappa shape index (κ3) is 7.08. The highest BCUT2D eigenvalue weighted by Crippen LogP contribution is 2.43. The topological polar surface area (TPSA) is 47.9 Å². The SMILES string of the molecule is CC(C)[Si](OC[C@H]1C/C(=C\CO[Si](c2ccccc2)(c2ccccc2)C(C)(C)C)C[C@@H](CO)O1)(C(C)C)C(C)C. The van der Waals surface area contributed by atoms with Crippen molar-refractivity contribution in [1.29, 1.82) is 0 Å². The van der Waals surface area contributed by atoms with E-state index in [2.05, 4.69) is 129 Å². The van der Waals surface area contributed by atoms with Crippen LogP contribution >= 0.6 is 0 Å². The molecule has 1 aliphatic rings. The predicted octanol–water partition coefficient (Wildman–Crippen LogP) is 7.22. The van der Waals surface area contributed by atoms with Gasteiger partial charge in [-0.25, -0.2) is 0 Å².